The summed E-state index contributed by atoms with van der Waals surface area (Å²) in [6, 6.07) is 10.3. The topological polar surface area (TPSA) is 124 Å². The molecule has 3 heterocycles. The van der Waals surface area contributed by atoms with Crippen LogP contribution in [0, 0.1) is 18.7 Å². The molecule has 11 nitrogen and oxygen atoms in total. The van der Waals surface area contributed by atoms with Crippen molar-refractivity contribution in [2.45, 2.75) is 39.8 Å². The Balaban J connectivity index is 1.25. The van der Waals surface area contributed by atoms with Gasteiger partial charge in [-0.2, -0.15) is 5.06 Å². The molecule has 1 unspecified atom stereocenters. The molecule has 2 amide bonds. The van der Waals surface area contributed by atoms with Gasteiger partial charge in [0.15, 0.2) is 23.0 Å². The van der Waals surface area contributed by atoms with E-state index in [4.69, 9.17) is 4.74 Å². The summed E-state index contributed by atoms with van der Waals surface area (Å²) >= 11 is 0. The number of nitrogens with zero attached hydrogens (tertiary/aromatic N) is 5. The predicted octanol–water partition coefficient (Wildman–Crippen LogP) is 4.62. The van der Waals surface area contributed by atoms with E-state index in [9.17, 15) is 19.2 Å². The number of hydrogen-bond acceptors (Lipinski definition) is 8. The average molecular weight is 590 g/mol. The number of benzene rings is 2. The van der Waals surface area contributed by atoms with Crippen LogP contribution < -0.4 is 15.4 Å². The van der Waals surface area contributed by atoms with Crippen LogP contribution in [0.2, 0.25) is 0 Å². The summed E-state index contributed by atoms with van der Waals surface area (Å²) in [6.45, 7) is 6.79. The molecule has 1 fully saturated rings. The number of halogens is 1. The molecule has 1 aliphatic heterocycles. The second-order valence-corrected chi connectivity index (χ2v) is 10.6. The van der Waals surface area contributed by atoms with Crippen molar-refractivity contribution in [2.24, 2.45) is 5.92 Å². The van der Waals surface area contributed by atoms with Crippen LogP contribution >= 0.6 is 0 Å². The van der Waals surface area contributed by atoms with Crippen molar-refractivity contribution >= 4 is 29.0 Å². The minimum absolute atomic E-state index is 0.0753. The van der Waals surface area contributed by atoms with E-state index in [0.29, 0.717) is 60.8 Å². The van der Waals surface area contributed by atoms with Gasteiger partial charge < -0.3 is 25.5 Å². The fourth-order valence-corrected chi connectivity index (χ4v) is 5.35. The number of ether oxygens (including phenoxy) is 1. The Hall–Kier alpha value is -4.55. The van der Waals surface area contributed by atoms with Crippen LogP contribution in [0.15, 0.2) is 55.0 Å². The highest BCUT2D eigenvalue weighted by atomic mass is 19.1. The molecule has 4 aromatic rings. The number of carbonyl (C=O) groups excluding carboxylic acids is 2. The van der Waals surface area contributed by atoms with Crippen molar-refractivity contribution in [3.05, 3.63) is 71.9 Å². The van der Waals surface area contributed by atoms with E-state index in [1.54, 1.807) is 55.5 Å². The van der Waals surface area contributed by atoms with Gasteiger partial charge in [0.05, 0.1) is 19.0 Å². The number of fused-ring (bicyclic) bond motifs is 1. The number of methoxy groups -OCH3 is 1. The van der Waals surface area contributed by atoms with Gasteiger partial charge in [-0.25, -0.2) is 14.4 Å². The molecule has 5 rings (SSSR count). The molecule has 226 valence electrons. The van der Waals surface area contributed by atoms with E-state index in [-0.39, 0.29) is 23.5 Å². The number of anilines is 2. The molecule has 2 aromatic heterocycles. The third-order valence-corrected chi connectivity index (χ3v) is 7.87. The zero-order chi connectivity index (χ0) is 30.7. The third kappa shape index (κ3) is 6.30. The van der Waals surface area contributed by atoms with Gasteiger partial charge in [0.2, 0.25) is 5.91 Å². The summed E-state index contributed by atoms with van der Waals surface area (Å²) in [5.74, 6) is -0.163. The molecule has 0 bridgehead atoms. The van der Waals surface area contributed by atoms with E-state index in [2.05, 4.69) is 20.6 Å². The minimum atomic E-state index is -0.470. The Morgan fingerprint density at radius 1 is 1.19 bits per heavy atom. The number of hydroxylamine groups is 2. The molecule has 3 N–H and O–H groups in total. The summed E-state index contributed by atoms with van der Waals surface area (Å²) < 4.78 is 21.2. The fourth-order valence-electron chi connectivity index (χ4n) is 5.35. The number of piperidine rings is 1. The smallest absolute Gasteiger partial charge is 0.254 e. The molecular formula is C31H36FN7O4. The monoisotopic (exact) mass is 589 g/mol. The summed E-state index contributed by atoms with van der Waals surface area (Å²) in [5, 5.41) is 17.0. The van der Waals surface area contributed by atoms with Crippen LogP contribution in [0.5, 0.6) is 5.75 Å². The van der Waals surface area contributed by atoms with Crippen molar-refractivity contribution in [1.82, 2.24) is 29.6 Å². The molecular weight excluding hydrogens is 553 g/mol. The molecule has 2 aromatic carbocycles. The number of carbonyl (C=O) groups is 2. The number of hydrogen-bond donors (Lipinski definition) is 3. The first-order chi connectivity index (χ1) is 20.7. The number of amides is 2. The molecule has 0 radical (unpaired) electrons. The first kappa shape index (κ1) is 29.9. The number of rotatable bonds is 9. The van der Waals surface area contributed by atoms with Gasteiger partial charge in [0.25, 0.3) is 5.91 Å². The number of likely N-dealkylation sites (tertiary alicyclic amines) is 1. The van der Waals surface area contributed by atoms with Crippen LogP contribution in [0.4, 0.5) is 15.9 Å². The highest BCUT2D eigenvalue weighted by molar-refractivity contribution is 5.96. The van der Waals surface area contributed by atoms with Crippen LogP contribution in [-0.2, 0) is 4.79 Å². The first-order valence-electron chi connectivity index (χ1n) is 14.3. The maximum Gasteiger partial charge on any atom is 0.254 e. The third-order valence-electron chi connectivity index (χ3n) is 7.87. The summed E-state index contributed by atoms with van der Waals surface area (Å²) in [4.78, 5) is 36.7. The molecule has 1 saturated heterocycles. The zero-order valence-corrected chi connectivity index (χ0v) is 24.7. The van der Waals surface area contributed by atoms with E-state index in [0.717, 1.165) is 16.3 Å². The second kappa shape index (κ2) is 12.8. The van der Waals surface area contributed by atoms with Crippen molar-refractivity contribution in [2.75, 3.05) is 32.1 Å². The second-order valence-electron chi connectivity index (χ2n) is 10.6. The van der Waals surface area contributed by atoms with Crippen LogP contribution in [0.1, 0.15) is 42.6 Å². The van der Waals surface area contributed by atoms with Gasteiger partial charge >= 0.3 is 0 Å². The molecule has 12 heteroatoms. The van der Waals surface area contributed by atoms with Crippen molar-refractivity contribution in [1.29, 1.82) is 0 Å². The largest absolute Gasteiger partial charge is 0.494 e. The summed E-state index contributed by atoms with van der Waals surface area (Å²) in [5.41, 5.74) is 4.05. The van der Waals surface area contributed by atoms with E-state index in [1.807, 2.05) is 23.5 Å². The SMILES string of the molecule is CCN(O)C(C)NC(=O)C1CCN(C(=O)c2ccc(Nc3nccn4c(-c5ccc(OC)c(F)c5)cnc34)cc2C)CC1. The lowest BCUT2D eigenvalue weighted by molar-refractivity contribution is -0.146. The Kier molecular flexibility index (Phi) is 8.88. The van der Waals surface area contributed by atoms with Gasteiger partial charge in [0, 0.05) is 54.8 Å². The van der Waals surface area contributed by atoms with E-state index >= 15 is 0 Å². The Labute approximate surface area is 249 Å². The lowest BCUT2D eigenvalue weighted by atomic mass is 9.95. The van der Waals surface area contributed by atoms with Crippen molar-refractivity contribution in [3.63, 3.8) is 0 Å². The number of imidazole rings is 1. The van der Waals surface area contributed by atoms with Gasteiger partial charge in [-0.1, -0.05) is 6.92 Å². The molecule has 1 atom stereocenters. The van der Waals surface area contributed by atoms with Crippen molar-refractivity contribution < 1.29 is 23.9 Å². The predicted molar refractivity (Wildman–Crippen MR) is 160 cm³/mol. The first-order valence-corrected chi connectivity index (χ1v) is 14.3. The van der Waals surface area contributed by atoms with E-state index < -0.39 is 12.0 Å². The Morgan fingerprint density at radius 2 is 1.95 bits per heavy atom. The highest BCUT2D eigenvalue weighted by Crippen LogP contribution is 2.29. The fraction of sp³-hybridized carbons (Fsp3) is 0.355. The molecule has 0 saturated carbocycles. The lowest BCUT2D eigenvalue weighted by Gasteiger charge is -2.33. The highest BCUT2D eigenvalue weighted by Gasteiger charge is 2.29. The molecule has 0 spiro atoms. The number of nitrogens with one attached hydrogen (secondary N) is 2. The quantitative estimate of drug-likeness (QED) is 0.191. The minimum Gasteiger partial charge on any atom is -0.494 e. The van der Waals surface area contributed by atoms with Gasteiger partial charge in [0.1, 0.15) is 6.17 Å². The van der Waals surface area contributed by atoms with Crippen LogP contribution in [0.3, 0.4) is 0 Å². The van der Waals surface area contributed by atoms with Crippen LogP contribution in [0.25, 0.3) is 16.9 Å². The maximum absolute atomic E-state index is 14.3. The van der Waals surface area contributed by atoms with Gasteiger partial charge in [-0.3, -0.25) is 14.0 Å². The lowest BCUT2D eigenvalue weighted by Crippen LogP contribution is -2.49. The molecule has 0 aliphatic carbocycles. The molecule has 1 aliphatic rings. The maximum atomic E-state index is 14.3. The van der Waals surface area contributed by atoms with E-state index in [1.165, 1.54) is 13.2 Å². The van der Waals surface area contributed by atoms with Gasteiger partial charge in [-0.15, -0.1) is 0 Å². The van der Waals surface area contributed by atoms with Crippen LogP contribution in [-0.4, -0.2) is 74.3 Å². The Morgan fingerprint density at radius 3 is 2.63 bits per heavy atom. The molecule has 43 heavy (non-hydrogen) atoms. The Bertz CT molecular complexity index is 1630. The summed E-state index contributed by atoms with van der Waals surface area (Å²) in [6.07, 6.45) is 5.72. The summed E-state index contributed by atoms with van der Waals surface area (Å²) in [7, 11) is 1.42. The van der Waals surface area contributed by atoms with Gasteiger partial charge in [-0.05, 0) is 68.7 Å². The number of aromatic nitrogens is 3. The normalized spacial score (nSPS) is 14.6. The van der Waals surface area contributed by atoms with Crippen molar-refractivity contribution in [3.8, 4) is 17.0 Å². The number of aryl methyl sites for hydroxylation is 1. The standard InChI is InChI=1S/C31H36FN7O4/c1-5-39(42)20(3)35-30(40)21-10-13-37(14-11-21)31(41)24-8-7-23(16-19(24)2)36-28-29-34-18-26(38(29)15-12-33-28)22-6-9-27(43-4)25(32)17-22/h6-9,12,15-18,20-21,42H,5,10-11,13-14H2,1-4H3,(H,33,36)(H,35,40). The zero-order valence-electron chi connectivity index (χ0n) is 24.7. The average Bonchev–Trinajstić information content (AvgIpc) is 3.45.